The van der Waals surface area contributed by atoms with Gasteiger partial charge in [0, 0.05) is 12.3 Å². The first kappa shape index (κ1) is 9.37. The molecule has 1 saturated carbocycles. The molecule has 2 fully saturated rings. The van der Waals surface area contributed by atoms with Gasteiger partial charge in [0.15, 0.2) is 0 Å². The molecule has 2 nitrogen and oxygen atoms in total. The van der Waals surface area contributed by atoms with E-state index in [2.05, 4.69) is 24.3 Å². The average molecular weight is 204 g/mol. The molecule has 1 aromatic rings. The molecule has 3 rings (SSSR count). The Balaban J connectivity index is 1.85. The predicted molar refractivity (Wildman–Crippen MR) is 57.9 cm³/mol. The number of hydrogen-bond acceptors (Lipinski definition) is 2. The Morgan fingerprint density at radius 3 is 2.60 bits per heavy atom. The average Bonchev–Trinajstić information content (AvgIpc) is 2.84. The van der Waals surface area contributed by atoms with Gasteiger partial charge in [0.1, 0.15) is 0 Å². The first-order valence-corrected chi connectivity index (χ1v) is 5.65. The summed E-state index contributed by atoms with van der Waals surface area (Å²) in [7, 11) is 0. The lowest BCUT2D eigenvalue weighted by molar-refractivity contribution is 0.00779. The van der Waals surface area contributed by atoms with Gasteiger partial charge in [-0.15, -0.1) is 0 Å². The molecule has 0 radical (unpaired) electrons. The molecule has 0 amide bonds. The van der Waals surface area contributed by atoms with E-state index in [1.807, 2.05) is 0 Å². The third-order valence-electron chi connectivity index (χ3n) is 3.48. The van der Waals surface area contributed by atoms with Crippen LogP contribution in [0.4, 0.5) is 0 Å². The van der Waals surface area contributed by atoms with Gasteiger partial charge in [0.05, 0.1) is 18.8 Å². The van der Waals surface area contributed by atoms with Crippen molar-refractivity contribution in [3.63, 3.8) is 0 Å². The van der Waals surface area contributed by atoms with E-state index in [1.54, 1.807) is 0 Å². The topological polar surface area (TPSA) is 29.5 Å². The van der Waals surface area contributed by atoms with Crippen LogP contribution in [0.25, 0.3) is 0 Å². The van der Waals surface area contributed by atoms with E-state index in [9.17, 15) is 5.11 Å². The fraction of sp³-hybridized carbons (Fsp3) is 0.538. The van der Waals surface area contributed by atoms with E-state index in [0.717, 1.165) is 32.5 Å². The molecule has 0 bridgehead atoms. The molecule has 1 aliphatic heterocycles. The van der Waals surface area contributed by atoms with Crippen LogP contribution in [0.3, 0.4) is 0 Å². The van der Waals surface area contributed by atoms with Crippen LogP contribution in [0.15, 0.2) is 24.3 Å². The molecule has 2 heteroatoms. The van der Waals surface area contributed by atoms with Gasteiger partial charge in [-0.3, -0.25) is 0 Å². The maximum absolute atomic E-state index is 9.95. The van der Waals surface area contributed by atoms with E-state index in [0.29, 0.717) is 5.92 Å². The van der Waals surface area contributed by atoms with Crippen LogP contribution >= 0.6 is 0 Å². The second kappa shape index (κ2) is 3.32. The van der Waals surface area contributed by atoms with Gasteiger partial charge in [-0.25, -0.2) is 0 Å². The summed E-state index contributed by atoms with van der Waals surface area (Å²) in [6.45, 7) is 1.69. The molecule has 80 valence electrons. The largest absolute Gasteiger partial charge is 0.390 e. The molecule has 1 N–H and O–H groups in total. The minimum Gasteiger partial charge on any atom is -0.390 e. The minimum absolute atomic E-state index is 0.388. The Kier molecular flexibility index (Phi) is 2.08. The Hall–Kier alpha value is -0.860. The smallest absolute Gasteiger partial charge is 0.0690 e. The van der Waals surface area contributed by atoms with Gasteiger partial charge in [0.2, 0.25) is 0 Å². The maximum Gasteiger partial charge on any atom is 0.0690 e. The van der Waals surface area contributed by atoms with Crippen molar-refractivity contribution >= 4 is 0 Å². The molecule has 1 heterocycles. The monoisotopic (exact) mass is 204 g/mol. The van der Waals surface area contributed by atoms with Gasteiger partial charge in [-0.05, 0) is 24.0 Å². The quantitative estimate of drug-likeness (QED) is 0.814. The Morgan fingerprint density at radius 2 is 2.00 bits per heavy atom. The molecule has 1 aromatic carbocycles. The Morgan fingerprint density at radius 1 is 1.27 bits per heavy atom. The van der Waals surface area contributed by atoms with E-state index >= 15 is 0 Å². The lowest BCUT2D eigenvalue weighted by atomic mass is 9.90. The second-order valence-corrected chi connectivity index (χ2v) is 4.83. The summed E-state index contributed by atoms with van der Waals surface area (Å²) in [5, 5.41) is 9.95. The zero-order chi connectivity index (χ0) is 10.3. The van der Waals surface area contributed by atoms with Crippen LogP contribution in [0.2, 0.25) is 0 Å². The van der Waals surface area contributed by atoms with Crippen molar-refractivity contribution in [1.29, 1.82) is 0 Å². The first-order valence-electron chi connectivity index (χ1n) is 5.65. The zero-order valence-electron chi connectivity index (χ0n) is 8.78. The van der Waals surface area contributed by atoms with Crippen molar-refractivity contribution in [1.82, 2.24) is 0 Å². The molecular weight excluding hydrogens is 188 g/mol. The molecule has 2 aliphatic rings. The number of ether oxygens (including phenoxy) is 1. The number of hydrogen-bond donors (Lipinski definition) is 1. The molecule has 1 aliphatic carbocycles. The third-order valence-corrected chi connectivity index (χ3v) is 3.48. The lowest BCUT2D eigenvalue weighted by Crippen LogP contribution is -2.27. The van der Waals surface area contributed by atoms with Crippen LogP contribution in [0.5, 0.6) is 0 Å². The fourth-order valence-corrected chi connectivity index (χ4v) is 2.18. The lowest BCUT2D eigenvalue weighted by Gasteiger charge is -2.28. The SMILES string of the molecule is OC1(Cc2ccccc2C2COC2)CC1. The Bertz CT molecular complexity index is 365. The highest BCUT2D eigenvalue weighted by molar-refractivity contribution is 5.33. The third kappa shape index (κ3) is 1.80. The van der Waals surface area contributed by atoms with Crippen LogP contribution < -0.4 is 0 Å². The van der Waals surface area contributed by atoms with Crippen LogP contribution in [0, 0.1) is 0 Å². The molecule has 15 heavy (non-hydrogen) atoms. The summed E-state index contributed by atoms with van der Waals surface area (Å²) in [4.78, 5) is 0. The zero-order valence-corrected chi connectivity index (χ0v) is 8.78. The van der Waals surface area contributed by atoms with Crippen LogP contribution in [0.1, 0.15) is 29.9 Å². The second-order valence-electron chi connectivity index (χ2n) is 4.83. The van der Waals surface area contributed by atoms with E-state index in [1.165, 1.54) is 11.1 Å². The molecule has 0 unspecified atom stereocenters. The summed E-state index contributed by atoms with van der Waals surface area (Å²) in [6.07, 6.45) is 2.74. The predicted octanol–water partition coefficient (Wildman–Crippen LogP) is 1.87. The standard InChI is InChI=1S/C13H16O2/c14-13(5-6-13)7-10-3-1-2-4-12(10)11-8-15-9-11/h1-4,11,14H,5-9H2. The summed E-state index contributed by atoms with van der Waals surface area (Å²) < 4.78 is 5.23. The number of aliphatic hydroxyl groups is 1. The van der Waals surface area contributed by atoms with Crippen molar-refractivity contribution in [2.45, 2.75) is 30.8 Å². The van der Waals surface area contributed by atoms with Crippen molar-refractivity contribution in [2.75, 3.05) is 13.2 Å². The van der Waals surface area contributed by atoms with Gasteiger partial charge in [-0.2, -0.15) is 0 Å². The highest BCUT2D eigenvalue weighted by Crippen LogP contribution is 2.40. The summed E-state index contributed by atoms with van der Waals surface area (Å²) in [6, 6.07) is 8.45. The highest BCUT2D eigenvalue weighted by atomic mass is 16.5. The highest BCUT2D eigenvalue weighted by Gasteiger charge is 2.41. The van der Waals surface area contributed by atoms with Crippen LogP contribution in [-0.4, -0.2) is 23.9 Å². The maximum atomic E-state index is 9.95. The van der Waals surface area contributed by atoms with Crippen LogP contribution in [-0.2, 0) is 11.2 Å². The number of rotatable bonds is 3. The van der Waals surface area contributed by atoms with Crippen molar-refractivity contribution in [2.24, 2.45) is 0 Å². The molecule has 0 aromatic heterocycles. The summed E-state index contributed by atoms with van der Waals surface area (Å²) in [5.74, 6) is 0.559. The van der Waals surface area contributed by atoms with Gasteiger partial charge in [-0.1, -0.05) is 24.3 Å². The van der Waals surface area contributed by atoms with Crippen molar-refractivity contribution in [3.8, 4) is 0 Å². The van der Waals surface area contributed by atoms with E-state index in [-0.39, 0.29) is 5.60 Å². The Labute approximate surface area is 89.9 Å². The van der Waals surface area contributed by atoms with Gasteiger partial charge < -0.3 is 9.84 Å². The summed E-state index contributed by atoms with van der Waals surface area (Å²) >= 11 is 0. The molecule has 1 saturated heterocycles. The molecule has 0 spiro atoms. The minimum atomic E-state index is -0.388. The van der Waals surface area contributed by atoms with Crippen molar-refractivity contribution in [3.05, 3.63) is 35.4 Å². The first-order chi connectivity index (χ1) is 7.27. The fourth-order valence-electron chi connectivity index (χ4n) is 2.18. The van der Waals surface area contributed by atoms with Crippen molar-refractivity contribution < 1.29 is 9.84 Å². The molecular formula is C13H16O2. The van der Waals surface area contributed by atoms with E-state index in [4.69, 9.17) is 4.74 Å². The normalized spacial score (nSPS) is 23.5. The molecule has 0 atom stereocenters. The van der Waals surface area contributed by atoms with E-state index < -0.39 is 0 Å². The van der Waals surface area contributed by atoms with Gasteiger partial charge >= 0.3 is 0 Å². The number of benzene rings is 1. The van der Waals surface area contributed by atoms with Gasteiger partial charge in [0.25, 0.3) is 0 Å². The summed E-state index contributed by atoms with van der Waals surface area (Å²) in [5.41, 5.74) is 2.30.